The minimum absolute atomic E-state index is 0.0337. The molecule has 5 aliphatic rings. The van der Waals surface area contributed by atoms with E-state index in [-0.39, 0.29) is 34.3 Å². The standard InChI is InChI=1S/C34H40ClFN2O7S/c1-19-20(2)46(42,43)37-34(41)21-8-11-30-29(15-21)38(16-22-7-10-28(35)32(36)26(22)5-3-4-12-44-30)17-23-6-9-27(23)33(45-18-31(39)40)25-13-24(19)14-25/h7-8,10-11,13,15,19-20,23-24,27,33H,3-6,9,12,14,16-18H2,1-2H3,(H,37,41)(H,39,40)/t19-,20-,23+,24+,27-,33+/m1/s1. The molecule has 1 fully saturated rings. The molecule has 2 N–H and O–H groups in total. The minimum Gasteiger partial charge on any atom is -0.491 e. The fourth-order valence-corrected chi connectivity index (χ4v) is 8.77. The number of carboxylic acids is 1. The van der Waals surface area contributed by atoms with Crippen LogP contribution in [0.25, 0.3) is 0 Å². The molecule has 0 radical (unpaired) electrons. The maximum atomic E-state index is 15.4. The van der Waals surface area contributed by atoms with Crippen LogP contribution >= 0.6 is 11.6 Å². The van der Waals surface area contributed by atoms with Crippen molar-refractivity contribution in [2.75, 3.05) is 24.7 Å². The number of ether oxygens (including phenoxy) is 2. The van der Waals surface area contributed by atoms with Crippen molar-refractivity contribution in [2.45, 2.75) is 70.3 Å². The molecule has 0 spiro atoms. The van der Waals surface area contributed by atoms with Crippen LogP contribution in [0, 0.1) is 29.5 Å². The first-order valence-electron chi connectivity index (χ1n) is 16.0. The van der Waals surface area contributed by atoms with E-state index in [9.17, 15) is 23.1 Å². The number of halogens is 2. The number of carbonyl (C=O) groups excluding carboxylic acids is 1. The van der Waals surface area contributed by atoms with Crippen LogP contribution in [0.15, 0.2) is 42.0 Å². The number of benzene rings is 2. The van der Waals surface area contributed by atoms with E-state index < -0.39 is 45.7 Å². The number of carboxylic acid groups (broad SMARTS) is 1. The summed E-state index contributed by atoms with van der Waals surface area (Å²) < 4.78 is 56.8. The molecule has 0 saturated heterocycles. The van der Waals surface area contributed by atoms with Crippen molar-refractivity contribution >= 4 is 39.2 Å². The lowest BCUT2D eigenvalue weighted by atomic mass is 9.64. The third kappa shape index (κ3) is 6.51. The molecule has 2 aliphatic carbocycles. The van der Waals surface area contributed by atoms with Crippen LogP contribution in [-0.2, 0) is 32.5 Å². The van der Waals surface area contributed by atoms with E-state index >= 15 is 4.39 Å². The molecular formula is C34H40ClFN2O7S. The maximum Gasteiger partial charge on any atom is 0.329 e. The Kier molecular flexibility index (Phi) is 9.38. The van der Waals surface area contributed by atoms with Gasteiger partial charge in [-0.15, -0.1) is 0 Å². The van der Waals surface area contributed by atoms with Crippen LogP contribution in [0.2, 0.25) is 5.02 Å². The SMILES string of the molecule is C[C@@H]1[C@@H](C)S(=O)(=O)NC(=O)c2ccc3c(c2)N(Cc2ccc(Cl)c(F)c2CCCCO3)C[C@@H]2CC[C@H]2[C@@H](OCC(=O)O)C2=C[C@H]1C2. The fourth-order valence-electron chi connectivity index (χ4n) is 7.26. The number of hydrogen-bond acceptors (Lipinski definition) is 7. The van der Waals surface area contributed by atoms with Crippen molar-refractivity contribution in [1.82, 2.24) is 4.72 Å². The summed E-state index contributed by atoms with van der Waals surface area (Å²) in [7, 11) is -4.04. The highest BCUT2D eigenvalue weighted by Gasteiger charge is 2.45. The highest BCUT2D eigenvalue weighted by atomic mass is 35.5. The van der Waals surface area contributed by atoms with Crippen molar-refractivity contribution in [3.8, 4) is 5.75 Å². The van der Waals surface area contributed by atoms with Crippen molar-refractivity contribution < 1.29 is 37.0 Å². The molecule has 248 valence electrons. The van der Waals surface area contributed by atoms with Crippen molar-refractivity contribution in [2.24, 2.45) is 23.7 Å². The van der Waals surface area contributed by atoms with Crippen LogP contribution in [0.5, 0.6) is 5.75 Å². The van der Waals surface area contributed by atoms with Crippen LogP contribution in [0.1, 0.15) is 67.4 Å². The first-order valence-corrected chi connectivity index (χ1v) is 17.9. The Morgan fingerprint density at radius 2 is 1.98 bits per heavy atom. The summed E-state index contributed by atoms with van der Waals surface area (Å²) in [6.45, 7) is 4.21. The number of amides is 1. The second kappa shape index (κ2) is 13.2. The van der Waals surface area contributed by atoms with E-state index in [4.69, 9.17) is 21.1 Å². The van der Waals surface area contributed by atoms with Crippen molar-refractivity contribution in [1.29, 1.82) is 0 Å². The lowest BCUT2D eigenvalue weighted by molar-refractivity contribution is -0.146. The Morgan fingerprint density at radius 1 is 1.20 bits per heavy atom. The molecule has 0 aromatic heterocycles. The molecule has 1 saturated carbocycles. The molecule has 6 atom stereocenters. The lowest BCUT2D eigenvalue weighted by Crippen LogP contribution is -2.48. The van der Waals surface area contributed by atoms with Gasteiger partial charge in [0.1, 0.15) is 18.2 Å². The van der Waals surface area contributed by atoms with Crippen molar-refractivity contribution in [3.63, 3.8) is 0 Å². The van der Waals surface area contributed by atoms with Gasteiger partial charge < -0.3 is 19.5 Å². The molecule has 46 heavy (non-hydrogen) atoms. The summed E-state index contributed by atoms with van der Waals surface area (Å²) in [6, 6.07) is 8.30. The fraction of sp³-hybridized carbons (Fsp3) is 0.529. The summed E-state index contributed by atoms with van der Waals surface area (Å²) in [4.78, 5) is 27.1. The van der Waals surface area contributed by atoms with Gasteiger partial charge in [0.25, 0.3) is 5.91 Å². The lowest BCUT2D eigenvalue weighted by Gasteiger charge is -2.47. The molecule has 12 heteroatoms. The van der Waals surface area contributed by atoms with Gasteiger partial charge in [0.15, 0.2) is 0 Å². The summed E-state index contributed by atoms with van der Waals surface area (Å²) in [5, 5.41) is 8.66. The summed E-state index contributed by atoms with van der Waals surface area (Å²) in [6.07, 6.45) is 5.79. The Hall–Kier alpha value is -3.15. The number of nitrogens with one attached hydrogen (secondary N) is 1. The van der Waals surface area contributed by atoms with E-state index in [1.165, 1.54) is 0 Å². The zero-order valence-corrected chi connectivity index (χ0v) is 27.6. The number of hydrogen-bond donors (Lipinski definition) is 2. The highest BCUT2D eigenvalue weighted by molar-refractivity contribution is 7.90. The van der Waals surface area contributed by atoms with Crippen LogP contribution in [-0.4, -0.2) is 56.5 Å². The number of allylic oxidation sites excluding steroid dienone is 1. The predicted octanol–water partition coefficient (Wildman–Crippen LogP) is 5.74. The molecule has 7 rings (SSSR count). The third-order valence-electron chi connectivity index (χ3n) is 10.4. The number of nitrogens with zero attached hydrogens (tertiary/aromatic N) is 1. The van der Waals surface area contributed by atoms with Gasteiger partial charge in [0.05, 0.1) is 28.7 Å². The number of rotatable bonds is 3. The van der Waals surface area contributed by atoms with Gasteiger partial charge in [-0.2, -0.15) is 0 Å². The van der Waals surface area contributed by atoms with Gasteiger partial charge >= 0.3 is 5.97 Å². The van der Waals surface area contributed by atoms with Crippen LogP contribution in [0.3, 0.4) is 0 Å². The molecule has 3 heterocycles. The average molecular weight is 675 g/mol. The molecule has 4 bridgehead atoms. The smallest absolute Gasteiger partial charge is 0.329 e. The Bertz CT molecular complexity index is 1660. The third-order valence-corrected chi connectivity index (χ3v) is 12.6. The summed E-state index contributed by atoms with van der Waals surface area (Å²) in [5.41, 5.74) is 3.06. The van der Waals surface area contributed by atoms with E-state index in [0.29, 0.717) is 62.4 Å². The van der Waals surface area contributed by atoms with E-state index in [1.54, 1.807) is 31.2 Å². The van der Waals surface area contributed by atoms with E-state index in [2.05, 4.69) is 9.62 Å². The Labute approximate surface area is 274 Å². The van der Waals surface area contributed by atoms with Crippen LogP contribution < -0.4 is 14.4 Å². The van der Waals surface area contributed by atoms with Gasteiger partial charge in [-0.3, -0.25) is 4.79 Å². The Morgan fingerprint density at radius 3 is 2.70 bits per heavy atom. The topological polar surface area (TPSA) is 122 Å². The average Bonchev–Trinajstić information content (AvgIpc) is 3.00. The molecule has 9 nitrogen and oxygen atoms in total. The zero-order chi connectivity index (χ0) is 32.7. The minimum atomic E-state index is -4.04. The van der Waals surface area contributed by atoms with E-state index in [0.717, 1.165) is 24.0 Å². The number of aliphatic carboxylic acids is 1. The monoisotopic (exact) mass is 674 g/mol. The number of sulfonamides is 1. The quantitative estimate of drug-likeness (QED) is 0.396. The van der Waals surface area contributed by atoms with Gasteiger partial charge in [-0.1, -0.05) is 30.7 Å². The molecule has 1 amide bonds. The molecule has 0 unspecified atom stereocenters. The molecule has 2 aromatic carbocycles. The molecule has 3 aliphatic heterocycles. The van der Waals surface area contributed by atoms with Gasteiger partial charge in [0.2, 0.25) is 10.0 Å². The number of carbonyl (C=O) groups is 2. The Balaban J connectivity index is 1.46. The number of anilines is 1. The molecular weight excluding hydrogens is 635 g/mol. The van der Waals surface area contributed by atoms with Gasteiger partial charge in [-0.25, -0.2) is 22.3 Å². The summed E-state index contributed by atoms with van der Waals surface area (Å²) >= 11 is 6.21. The second-order valence-electron chi connectivity index (χ2n) is 13.1. The normalized spacial score (nSPS) is 29.3. The largest absolute Gasteiger partial charge is 0.491 e. The second-order valence-corrected chi connectivity index (χ2v) is 15.6. The zero-order valence-electron chi connectivity index (χ0n) is 26.0. The van der Waals surface area contributed by atoms with Gasteiger partial charge in [-0.05, 0) is 110 Å². The first-order chi connectivity index (χ1) is 21.9. The van der Waals surface area contributed by atoms with Crippen LogP contribution in [0.4, 0.5) is 10.1 Å². The predicted molar refractivity (Wildman–Crippen MR) is 172 cm³/mol. The maximum absolute atomic E-state index is 15.4. The van der Waals surface area contributed by atoms with Crippen molar-refractivity contribution in [3.05, 3.63) is 69.5 Å². The highest BCUT2D eigenvalue weighted by Crippen LogP contribution is 2.47. The molecule has 2 aromatic rings. The van der Waals surface area contributed by atoms with E-state index in [1.807, 2.05) is 19.1 Å². The van der Waals surface area contributed by atoms with Gasteiger partial charge in [0, 0.05) is 18.7 Å². The first kappa shape index (κ1) is 32.8. The summed E-state index contributed by atoms with van der Waals surface area (Å²) in [5.74, 6) is -1.87. The number of fused-ring (bicyclic) bond motifs is 5.